The number of hydrogen-bond donors (Lipinski definition) is 1. The zero-order chi connectivity index (χ0) is 16.8. The molecule has 3 rings (SSSR count). The number of amides is 1. The number of hydrogen-bond acceptors (Lipinski definition) is 4. The van der Waals surface area contributed by atoms with Gasteiger partial charge in [0.25, 0.3) is 5.91 Å². The van der Waals surface area contributed by atoms with E-state index in [2.05, 4.69) is 15.3 Å². The minimum absolute atomic E-state index is 0.0225. The quantitative estimate of drug-likeness (QED) is 0.749. The molecule has 5 nitrogen and oxygen atoms in total. The average molecular weight is 338 g/mol. The lowest BCUT2D eigenvalue weighted by molar-refractivity contribution is 0.0936. The molecule has 0 saturated carbocycles. The number of aromatic nitrogens is 3. The van der Waals surface area contributed by atoms with E-state index in [9.17, 15) is 4.79 Å². The second-order valence-corrected chi connectivity index (χ2v) is 6.52. The van der Waals surface area contributed by atoms with Crippen LogP contribution in [0.2, 0.25) is 0 Å². The Kier molecular flexibility index (Phi) is 5.28. The summed E-state index contributed by atoms with van der Waals surface area (Å²) in [5.41, 5.74) is 0.651. The van der Waals surface area contributed by atoms with Gasteiger partial charge < -0.3 is 9.88 Å². The van der Waals surface area contributed by atoms with Gasteiger partial charge in [-0.1, -0.05) is 17.8 Å². The summed E-state index contributed by atoms with van der Waals surface area (Å²) in [7, 11) is 0. The third kappa shape index (κ3) is 4.45. The number of benzene rings is 1. The molecule has 1 atom stereocenters. The molecule has 0 unspecified atom stereocenters. The van der Waals surface area contributed by atoms with Crippen molar-refractivity contribution < 1.29 is 4.79 Å². The van der Waals surface area contributed by atoms with E-state index in [1.165, 1.54) is 0 Å². The predicted molar refractivity (Wildman–Crippen MR) is 94.0 cm³/mol. The van der Waals surface area contributed by atoms with Crippen molar-refractivity contribution in [1.29, 1.82) is 0 Å². The van der Waals surface area contributed by atoms with E-state index in [1.54, 1.807) is 30.5 Å². The molecule has 0 fully saturated rings. The van der Waals surface area contributed by atoms with Gasteiger partial charge in [-0.3, -0.25) is 4.79 Å². The van der Waals surface area contributed by atoms with Crippen molar-refractivity contribution >= 4 is 17.7 Å². The van der Waals surface area contributed by atoms with Crippen molar-refractivity contribution in [3.63, 3.8) is 0 Å². The Morgan fingerprint density at radius 1 is 1.21 bits per heavy atom. The van der Waals surface area contributed by atoms with Gasteiger partial charge in [-0.05, 0) is 43.3 Å². The Bertz CT molecular complexity index is 773. The first-order chi connectivity index (χ1) is 11.7. The molecule has 3 aromatic rings. The fourth-order valence-corrected chi connectivity index (χ4v) is 3.04. The summed E-state index contributed by atoms with van der Waals surface area (Å²) in [6, 6.07) is 13.4. The molecule has 2 heterocycles. The van der Waals surface area contributed by atoms with Gasteiger partial charge in [-0.25, -0.2) is 9.97 Å². The maximum atomic E-state index is 12.3. The van der Waals surface area contributed by atoms with E-state index in [4.69, 9.17) is 0 Å². The Morgan fingerprint density at radius 2 is 2.04 bits per heavy atom. The molecule has 24 heavy (non-hydrogen) atoms. The van der Waals surface area contributed by atoms with Gasteiger partial charge in [0.2, 0.25) is 0 Å². The van der Waals surface area contributed by atoms with Crippen LogP contribution in [0.3, 0.4) is 0 Å². The number of nitrogens with one attached hydrogen (secondary N) is 1. The number of rotatable bonds is 6. The van der Waals surface area contributed by atoms with Crippen molar-refractivity contribution in [2.45, 2.75) is 29.4 Å². The molecular weight excluding hydrogens is 320 g/mol. The van der Waals surface area contributed by atoms with Gasteiger partial charge in [-0.2, -0.15) is 0 Å². The predicted octanol–water partition coefficient (Wildman–Crippen LogP) is 3.25. The monoisotopic (exact) mass is 338 g/mol. The zero-order valence-corrected chi connectivity index (χ0v) is 14.1. The SMILES string of the molecule is C[C@H](Cn1ccnc1)NC(=O)c1ccc(Sc2ccccn2)cc1. The van der Waals surface area contributed by atoms with E-state index >= 15 is 0 Å². The summed E-state index contributed by atoms with van der Waals surface area (Å²) >= 11 is 1.57. The molecule has 1 N–H and O–H groups in total. The standard InChI is InChI=1S/C18H18N4OS/c1-14(12-22-11-10-19-13-22)21-18(23)15-5-7-16(8-6-15)24-17-4-2-3-9-20-17/h2-11,13-14H,12H2,1H3,(H,21,23)/t14-/m1/s1. The van der Waals surface area contributed by atoms with Gasteiger partial charge >= 0.3 is 0 Å². The fraction of sp³-hybridized carbons (Fsp3) is 0.167. The Balaban J connectivity index is 1.57. The highest BCUT2D eigenvalue weighted by atomic mass is 32.2. The van der Waals surface area contributed by atoms with E-state index in [0.29, 0.717) is 12.1 Å². The third-order valence-corrected chi connectivity index (χ3v) is 4.36. The fourth-order valence-electron chi connectivity index (χ4n) is 2.27. The minimum atomic E-state index is -0.0722. The highest BCUT2D eigenvalue weighted by Gasteiger charge is 2.10. The van der Waals surface area contributed by atoms with Crippen LogP contribution in [-0.2, 0) is 6.54 Å². The van der Waals surface area contributed by atoms with Crippen molar-refractivity contribution in [3.05, 3.63) is 72.9 Å². The van der Waals surface area contributed by atoms with E-state index in [0.717, 1.165) is 9.92 Å². The van der Waals surface area contributed by atoms with Gasteiger partial charge in [0.05, 0.1) is 6.33 Å². The second kappa shape index (κ2) is 7.79. The molecule has 0 bridgehead atoms. The van der Waals surface area contributed by atoms with Crippen LogP contribution >= 0.6 is 11.8 Å². The lowest BCUT2D eigenvalue weighted by Gasteiger charge is -2.14. The Hall–Kier alpha value is -2.60. The largest absolute Gasteiger partial charge is 0.348 e. The van der Waals surface area contributed by atoms with E-state index in [-0.39, 0.29) is 11.9 Å². The summed E-state index contributed by atoms with van der Waals surface area (Å²) in [4.78, 5) is 21.6. The summed E-state index contributed by atoms with van der Waals surface area (Å²) in [5.74, 6) is -0.0722. The lowest BCUT2D eigenvalue weighted by atomic mass is 10.2. The summed E-state index contributed by atoms with van der Waals surface area (Å²) in [6.07, 6.45) is 7.12. The van der Waals surface area contributed by atoms with Crippen molar-refractivity contribution in [2.75, 3.05) is 0 Å². The Morgan fingerprint density at radius 3 is 2.71 bits per heavy atom. The van der Waals surface area contributed by atoms with Gasteiger partial charge in [-0.15, -0.1) is 0 Å². The van der Waals surface area contributed by atoms with Crippen LogP contribution in [0.15, 0.2) is 77.3 Å². The van der Waals surface area contributed by atoms with Crippen LogP contribution < -0.4 is 5.32 Å². The normalized spacial score (nSPS) is 11.9. The molecule has 2 aromatic heterocycles. The molecule has 0 radical (unpaired) electrons. The van der Waals surface area contributed by atoms with Crippen molar-refractivity contribution in [1.82, 2.24) is 19.9 Å². The Labute approximate surface area is 145 Å². The topological polar surface area (TPSA) is 59.8 Å². The highest BCUT2D eigenvalue weighted by Crippen LogP contribution is 2.25. The first kappa shape index (κ1) is 16.3. The van der Waals surface area contributed by atoms with Crippen molar-refractivity contribution in [3.8, 4) is 0 Å². The van der Waals surface area contributed by atoms with Crippen LogP contribution in [0.25, 0.3) is 0 Å². The van der Waals surface area contributed by atoms with Gasteiger partial charge in [0, 0.05) is 41.6 Å². The maximum absolute atomic E-state index is 12.3. The molecule has 0 aliphatic rings. The van der Waals surface area contributed by atoms with Gasteiger partial charge in [0.1, 0.15) is 5.03 Å². The first-order valence-electron chi connectivity index (χ1n) is 7.66. The van der Waals surface area contributed by atoms with E-state index in [1.807, 2.05) is 60.2 Å². The average Bonchev–Trinajstić information content (AvgIpc) is 3.09. The number of pyridine rings is 1. The molecule has 122 valence electrons. The number of nitrogens with zero attached hydrogens (tertiary/aromatic N) is 3. The van der Waals surface area contributed by atoms with Crippen LogP contribution in [0.4, 0.5) is 0 Å². The second-order valence-electron chi connectivity index (χ2n) is 5.43. The number of imidazole rings is 1. The molecule has 0 spiro atoms. The smallest absolute Gasteiger partial charge is 0.251 e. The molecule has 1 aromatic carbocycles. The van der Waals surface area contributed by atoms with Gasteiger partial charge in [0.15, 0.2) is 0 Å². The minimum Gasteiger partial charge on any atom is -0.348 e. The number of carbonyl (C=O) groups is 1. The molecule has 0 saturated heterocycles. The maximum Gasteiger partial charge on any atom is 0.251 e. The first-order valence-corrected chi connectivity index (χ1v) is 8.48. The molecule has 6 heteroatoms. The molecular formula is C18H18N4OS. The van der Waals surface area contributed by atoms with E-state index < -0.39 is 0 Å². The molecule has 0 aliphatic heterocycles. The zero-order valence-electron chi connectivity index (χ0n) is 13.3. The lowest BCUT2D eigenvalue weighted by Crippen LogP contribution is -2.35. The highest BCUT2D eigenvalue weighted by molar-refractivity contribution is 7.99. The van der Waals surface area contributed by atoms with Crippen molar-refractivity contribution in [2.24, 2.45) is 0 Å². The summed E-state index contributed by atoms with van der Waals surface area (Å²) in [6.45, 7) is 2.67. The van der Waals surface area contributed by atoms with Crippen LogP contribution in [0, 0.1) is 0 Å². The summed E-state index contributed by atoms with van der Waals surface area (Å²) < 4.78 is 1.94. The third-order valence-electron chi connectivity index (χ3n) is 3.40. The molecule has 0 aliphatic carbocycles. The summed E-state index contributed by atoms with van der Waals surface area (Å²) in [5, 5.41) is 3.93. The number of carbonyl (C=O) groups excluding carboxylic acids is 1. The van der Waals surface area contributed by atoms with Crippen LogP contribution in [-0.4, -0.2) is 26.5 Å². The molecule has 1 amide bonds. The van der Waals surface area contributed by atoms with Crippen LogP contribution in [0.1, 0.15) is 17.3 Å². The van der Waals surface area contributed by atoms with Crippen LogP contribution in [0.5, 0.6) is 0 Å².